The molecule has 4 aromatic rings. The van der Waals surface area contributed by atoms with Gasteiger partial charge in [-0.15, -0.1) is 0 Å². The number of anilines is 4. The number of carbonyl (C=O) groups excluding carboxylic acids is 1. The van der Waals surface area contributed by atoms with Crippen LogP contribution in [0.2, 0.25) is 5.02 Å². The van der Waals surface area contributed by atoms with Crippen LogP contribution in [0, 0.1) is 0 Å². The topological polar surface area (TPSA) is 108 Å². The lowest BCUT2D eigenvalue weighted by Gasteiger charge is -2.09. The van der Waals surface area contributed by atoms with Gasteiger partial charge in [-0.3, -0.25) is 9.89 Å². The molecule has 0 atom stereocenters. The maximum atomic E-state index is 10.4. The first-order valence-electron chi connectivity index (χ1n) is 8.47. The number of fused-ring (bicyclic) bond motifs is 1. The van der Waals surface area contributed by atoms with Crippen molar-refractivity contribution in [2.24, 2.45) is 0 Å². The van der Waals surface area contributed by atoms with E-state index in [2.05, 4.69) is 36.1 Å². The molecule has 140 valence electrons. The van der Waals surface area contributed by atoms with Crippen LogP contribution < -0.4 is 16.0 Å². The van der Waals surface area contributed by atoms with E-state index in [0.717, 1.165) is 22.3 Å². The summed E-state index contributed by atoms with van der Waals surface area (Å²) < 4.78 is 0. The summed E-state index contributed by atoms with van der Waals surface area (Å²) in [5, 5.41) is 17.7. The Balaban J connectivity index is 1.62. The van der Waals surface area contributed by atoms with Crippen LogP contribution in [-0.4, -0.2) is 26.6 Å². The number of benzene rings is 2. The van der Waals surface area contributed by atoms with E-state index in [1.807, 2.05) is 42.5 Å². The van der Waals surface area contributed by atoms with Gasteiger partial charge in [-0.25, -0.2) is 9.97 Å². The molecule has 0 radical (unpaired) electrons. The van der Waals surface area contributed by atoms with E-state index in [4.69, 9.17) is 11.6 Å². The Bertz CT molecular complexity index is 1110. The summed E-state index contributed by atoms with van der Waals surface area (Å²) in [7, 11) is 0. The summed E-state index contributed by atoms with van der Waals surface area (Å²) in [6.45, 7) is 0.483. The minimum Gasteiger partial charge on any atom is -0.355 e. The van der Waals surface area contributed by atoms with Crippen LogP contribution >= 0.6 is 11.6 Å². The molecule has 28 heavy (non-hydrogen) atoms. The zero-order chi connectivity index (χ0) is 19.3. The summed E-state index contributed by atoms with van der Waals surface area (Å²) in [6.07, 6.45) is 2.14. The Labute approximate surface area is 165 Å². The fourth-order valence-electron chi connectivity index (χ4n) is 2.75. The third-order valence-corrected chi connectivity index (χ3v) is 4.29. The molecule has 0 aliphatic carbocycles. The third kappa shape index (κ3) is 3.86. The number of hydrogen-bond donors (Lipinski definition) is 4. The smallest absolute Gasteiger partial charge is 0.207 e. The van der Waals surface area contributed by atoms with Gasteiger partial charge in [-0.1, -0.05) is 29.8 Å². The molecule has 0 bridgehead atoms. The lowest BCUT2D eigenvalue weighted by atomic mass is 10.2. The van der Waals surface area contributed by atoms with Crippen LogP contribution in [0.1, 0.15) is 5.56 Å². The van der Waals surface area contributed by atoms with Gasteiger partial charge in [0.2, 0.25) is 6.41 Å². The van der Waals surface area contributed by atoms with Crippen molar-refractivity contribution in [2.75, 3.05) is 10.6 Å². The van der Waals surface area contributed by atoms with Crippen LogP contribution in [0.25, 0.3) is 11.0 Å². The van der Waals surface area contributed by atoms with Crippen molar-refractivity contribution in [3.63, 3.8) is 0 Å². The molecule has 0 unspecified atom stereocenters. The third-order valence-electron chi connectivity index (χ3n) is 4.05. The van der Waals surface area contributed by atoms with Crippen molar-refractivity contribution < 1.29 is 4.79 Å². The zero-order valence-corrected chi connectivity index (χ0v) is 15.4. The predicted octanol–water partition coefficient (Wildman–Crippen LogP) is 3.74. The van der Waals surface area contributed by atoms with Crippen molar-refractivity contribution in [1.29, 1.82) is 0 Å². The average molecular weight is 394 g/mol. The SMILES string of the molecule is O=CNCc1ccc(Nc2n[nH]c3ncnc(Nc4cccc(Cl)c4)c23)cc1. The molecule has 2 heterocycles. The Morgan fingerprint density at radius 2 is 1.82 bits per heavy atom. The number of hydrogen-bond acceptors (Lipinski definition) is 6. The van der Waals surface area contributed by atoms with Gasteiger partial charge < -0.3 is 16.0 Å². The van der Waals surface area contributed by atoms with Crippen LogP contribution in [0.5, 0.6) is 0 Å². The minimum absolute atomic E-state index is 0.483. The van der Waals surface area contributed by atoms with E-state index in [9.17, 15) is 4.79 Å². The molecule has 4 N–H and O–H groups in total. The maximum absolute atomic E-state index is 10.4. The summed E-state index contributed by atoms with van der Waals surface area (Å²) in [5.41, 5.74) is 3.26. The number of aromatic nitrogens is 4. The number of nitrogens with one attached hydrogen (secondary N) is 4. The highest BCUT2D eigenvalue weighted by atomic mass is 35.5. The molecule has 0 aliphatic rings. The molecule has 2 aromatic heterocycles. The summed E-state index contributed by atoms with van der Waals surface area (Å²) in [4.78, 5) is 19.0. The van der Waals surface area contributed by atoms with Crippen molar-refractivity contribution in [3.8, 4) is 0 Å². The van der Waals surface area contributed by atoms with Crippen LogP contribution in [0.4, 0.5) is 23.0 Å². The Hall–Kier alpha value is -3.65. The zero-order valence-electron chi connectivity index (χ0n) is 14.6. The molecule has 2 aromatic carbocycles. The van der Waals surface area contributed by atoms with Crippen molar-refractivity contribution in [1.82, 2.24) is 25.5 Å². The Kier molecular flexibility index (Phi) is 5.03. The van der Waals surface area contributed by atoms with Gasteiger partial charge in [0.05, 0.1) is 0 Å². The summed E-state index contributed by atoms with van der Waals surface area (Å²) in [6, 6.07) is 15.1. The van der Waals surface area contributed by atoms with Crippen LogP contribution in [0.15, 0.2) is 54.9 Å². The number of halogens is 1. The van der Waals surface area contributed by atoms with Crippen LogP contribution in [-0.2, 0) is 11.3 Å². The van der Waals surface area contributed by atoms with Gasteiger partial charge in [0.1, 0.15) is 17.5 Å². The quantitative estimate of drug-likeness (QED) is 0.356. The van der Waals surface area contributed by atoms with E-state index >= 15 is 0 Å². The fraction of sp³-hybridized carbons (Fsp3) is 0.0526. The second kappa shape index (κ2) is 7.93. The second-order valence-corrected chi connectivity index (χ2v) is 6.41. The van der Waals surface area contributed by atoms with Gasteiger partial charge in [0.15, 0.2) is 11.5 Å². The summed E-state index contributed by atoms with van der Waals surface area (Å²) in [5.74, 6) is 1.20. The normalized spacial score (nSPS) is 10.6. The second-order valence-electron chi connectivity index (χ2n) is 5.97. The number of carbonyl (C=O) groups is 1. The van der Waals surface area contributed by atoms with Crippen molar-refractivity contribution >= 4 is 52.1 Å². The van der Waals surface area contributed by atoms with E-state index < -0.39 is 0 Å². The molecule has 9 heteroatoms. The molecule has 0 saturated heterocycles. The van der Waals surface area contributed by atoms with E-state index in [1.165, 1.54) is 6.33 Å². The molecule has 1 amide bonds. The van der Waals surface area contributed by atoms with Gasteiger partial charge in [0.25, 0.3) is 0 Å². The average Bonchev–Trinajstić information content (AvgIpc) is 3.11. The number of amides is 1. The van der Waals surface area contributed by atoms with Gasteiger partial charge in [-0.05, 0) is 35.9 Å². The van der Waals surface area contributed by atoms with E-state index in [0.29, 0.717) is 35.3 Å². The first kappa shape index (κ1) is 17.7. The number of nitrogens with zero attached hydrogens (tertiary/aromatic N) is 3. The standard InChI is InChI=1S/C19H16ClN7O/c20-13-2-1-3-15(8-13)25-17-16-18(23-10-22-17)26-27-19(16)24-14-6-4-12(5-7-14)9-21-11-28/h1-8,10-11H,9H2,(H,21,28)(H3,22,23,24,25,26,27). The maximum Gasteiger partial charge on any atom is 0.207 e. The molecule has 4 rings (SSSR count). The summed E-state index contributed by atoms with van der Waals surface area (Å²) >= 11 is 6.06. The molecule has 8 nitrogen and oxygen atoms in total. The molecular weight excluding hydrogens is 378 g/mol. The number of rotatable bonds is 7. The van der Waals surface area contributed by atoms with E-state index in [-0.39, 0.29) is 0 Å². The Morgan fingerprint density at radius 3 is 2.61 bits per heavy atom. The van der Waals surface area contributed by atoms with Gasteiger partial charge in [0, 0.05) is 22.9 Å². The number of aromatic amines is 1. The van der Waals surface area contributed by atoms with E-state index in [1.54, 1.807) is 6.07 Å². The van der Waals surface area contributed by atoms with Gasteiger partial charge >= 0.3 is 0 Å². The molecule has 0 aliphatic heterocycles. The number of H-pyrrole nitrogens is 1. The highest BCUT2D eigenvalue weighted by Gasteiger charge is 2.13. The molecule has 0 fully saturated rings. The predicted molar refractivity (Wildman–Crippen MR) is 109 cm³/mol. The lowest BCUT2D eigenvalue weighted by molar-refractivity contribution is -0.109. The first-order valence-corrected chi connectivity index (χ1v) is 8.85. The van der Waals surface area contributed by atoms with Crippen molar-refractivity contribution in [2.45, 2.75) is 6.54 Å². The fourth-order valence-corrected chi connectivity index (χ4v) is 2.94. The van der Waals surface area contributed by atoms with Gasteiger partial charge in [-0.2, -0.15) is 5.10 Å². The lowest BCUT2D eigenvalue weighted by Crippen LogP contribution is -2.09. The Morgan fingerprint density at radius 1 is 1.00 bits per heavy atom. The molecular formula is C19H16ClN7O. The minimum atomic E-state index is 0.483. The molecule has 0 saturated carbocycles. The highest BCUT2D eigenvalue weighted by molar-refractivity contribution is 6.30. The van der Waals surface area contributed by atoms with Crippen molar-refractivity contribution in [3.05, 3.63) is 65.4 Å². The largest absolute Gasteiger partial charge is 0.355 e. The molecule has 0 spiro atoms. The van der Waals surface area contributed by atoms with Crippen LogP contribution in [0.3, 0.4) is 0 Å². The first-order chi connectivity index (χ1) is 13.7. The highest BCUT2D eigenvalue weighted by Crippen LogP contribution is 2.30. The monoisotopic (exact) mass is 393 g/mol.